The van der Waals surface area contributed by atoms with Crippen LogP contribution in [0.4, 0.5) is 17.6 Å². The minimum atomic E-state index is -5.22. The molecule has 4 amide bonds. The molecule has 1 aliphatic carbocycles. The van der Waals surface area contributed by atoms with Crippen LogP contribution in [-0.4, -0.2) is 80.6 Å². The van der Waals surface area contributed by atoms with Crippen molar-refractivity contribution in [3.8, 4) is 0 Å². The Kier molecular flexibility index (Phi) is 9.26. The second-order valence-corrected chi connectivity index (χ2v) is 13.9. The van der Waals surface area contributed by atoms with Crippen molar-refractivity contribution in [2.24, 2.45) is 23.2 Å². The van der Waals surface area contributed by atoms with Gasteiger partial charge in [0.25, 0.3) is 0 Å². The molecule has 2 saturated heterocycles. The van der Waals surface area contributed by atoms with Crippen molar-refractivity contribution in [3.05, 3.63) is 11.2 Å². The van der Waals surface area contributed by atoms with Crippen LogP contribution < -0.4 is 16.0 Å². The van der Waals surface area contributed by atoms with Gasteiger partial charge in [-0.1, -0.05) is 27.2 Å². The predicted molar refractivity (Wildman–Crippen MR) is 135 cm³/mol. The van der Waals surface area contributed by atoms with Gasteiger partial charge in [0.2, 0.25) is 32.7 Å². The molecule has 2 aliphatic heterocycles. The average molecular weight is 597 g/mol. The van der Waals surface area contributed by atoms with Gasteiger partial charge >= 0.3 is 12.1 Å². The van der Waals surface area contributed by atoms with Gasteiger partial charge in [-0.15, -0.1) is 0 Å². The van der Waals surface area contributed by atoms with Crippen LogP contribution in [0.3, 0.4) is 0 Å². The van der Waals surface area contributed by atoms with Crippen LogP contribution in [0.2, 0.25) is 0 Å². The summed E-state index contributed by atoms with van der Waals surface area (Å²) < 4.78 is 77.1. The van der Waals surface area contributed by atoms with Crippen molar-refractivity contribution < 1.29 is 45.2 Å². The molecule has 15 heteroatoms. The van der Waals surface area contributed by atoms with E-state index in [4.69, 9.17) is 0 Å². The first kappa shape index (κ1) is 31.8. The number of carbonyl (C=O) groups excluding carboxylic acids is 4. The highest BCUT2D eigenvalue weighted by molar-refractivity contribution is 7.94. The smallest absolute Gasteiger partial charge is 0.356 e. The van der Waals surface area contributed by atoms with Gasteiger partial charge in [-0.05, 0) is 49.0 Å². The summed E-state index contributed by atoms with van der Waals surface area (Å²) >= 11 is 0. The summed E-state index contributed by atoms with van der Waals surface area (Å²) in [5.41, 5.74) is -1.14. The first-order valence-corrected chi connectivity index (χ1v) is 15.0. The first-order valence-electron chi connectivity index (χ1n) is 13.1. The standard InChI is InChI=1S/C25H36F4N4O6S/c1-24(2,3)19(32-23(37)25(27,28)29)22(36)33-12-14-6-5-7-16(14)18(33)21(35)31-15(11-17(26)40(4,38)39)10-13-8-9-30-20(13)34/h11,13-16,18-19H,5-10,12H2,1-4H3,(H,30,34)(H,31,35)(H,32,37)/b17-11+/t13-,14-,15+,16-,18+,19+/m0/s1. The van der Waals surface area contributed by atoms with E-state index >= 15 is 0 Å². The van der Waals surface area contributed by atoms with Crippen molar-refractivity contribution in [2.45, 2.75) is 77.2 Å². The summed E-state index contributed by atoms with van der Waals surface area (Å²) in [4.78, 5) is 52.4. The number of carbonyl (C=O) groups is 4. The molecule has 0 aromatic rings. The molecule has 3 aliphatic rings. The van der Waals surface area contributed by atoms with Crippen molar-refractivity contribution >= 4 is 33.5 Å². The average Bonchev–Trinajstić information content (AvgIpc) is 3.50. The molecule has 0 aromatic heterocycles. The van der Waals surface area contributed by atoms with E-state index in [1.807, 2.05) is 0 Å². The molecule has 0 bridgehead atoms. The molecule has 0 aromatic carbocycles. The van der Waals surface area contributed by atoms with Gasteiger partial charge in [0.15, 0.2) is 0 Å². The molecule has 3 fully saturated rings. The molecule has 40 heavy (non-hydrogen) atoms. The monoisotopic (exact) mass is 596 g/mol. The molecule has 10 nitrogen and oxygen atoms in total. The normalized spacial score (nSPS) is 27.1. The number of likely N-dealkylation sites (tertiary alicyclic amines) is 1. The summed E-state index contributed by atoms with van der Waals surface area (Å²) in [6.45, 7) is 4.91. The summed E-state index contributed by atoms with van der Waals surface area (Å²) in [6, 6.07) is -3.95. The summed E-state index contributed by atoms with van der Waals surface area (Å²) in [5, 5.41) is 5.50. The van der Waals surface area contributed by atoms with E-state index in [2.05, 4.69) is 10.6 Å². The number of hydrogen-bond acceptors (Lipinski definition) is 6. The molecular formula is C25H36F4N4O6S. The molecule has 0 unspecified atom stereocenters. The van der Waals surface area contributed by atoms with E-state index in [1.165, 1.54) is 25.7 Å². The quantitative estimate of drug-likeness (QED) is 0.364. The molecule has 3 rings (SSSR count). The number of halogens is 4. The van der Waals surface area contributed by atoms with Crippen molar-refractivity contribution in [1.29, 1.82) is 0 Å². The maximum absolute atomic E-state index is 14.5. The molecule has 6 atom stereocenters. The lowest BCUT2D eigenvalue weighted by molar-refractivity contribution is -0.176. The lowest BCUT2D eigenvalue weighted by Gasteiger charge is -2.36. The van der Waals surface area contributed by atoms with E-state index in [9.17, 15) is 45.2 Å². The van der Waals surface area contributed by atoms with Crippen molar-refractivity contribution in [1.82, 2.24) is 20.9 Å². The number of nitrogens with one attached hydrogen (secondary N) is 3. The number of nitrogens with zero attached hydrogens (tertiary/aromatic N) is 1. The second-order valence-electron chi connectivity index (χ2n) is 11.9. The highest BCUT2D eigenvalue weighted by Crippen LogP contribution is 2.43. The Morgan fingerprint density at radius 2 is 1.77 bits per heavy atom. The third-order valence-corrected chi connectivity index (χ3v) is 8.65. The number of sulfone groups is 1. The topological polar surface area (TPSA) is 142 Å². The van der Waals surface area contributed by atoms with Crippen LogP contribution in [0.15, 0.2) is 11.2 Å². The van der Waals surface area contributed by atoms with Gasteiger partial charge in [0, 0.05) is 25.3 Å². The predicted octanol–water partition coefficient (Wildman–Crippen LogP) is 1.57. The van der Waals surface area contributed by atoms with Crippen LogP contribution >= 0.6 is 0 Å². The van der Waals surface area contributed by atoms with Gasteiger partial charge in [-0.2, -0.15) is 17.6 Å². The fraction of sp³-hybridized carbons (Fsp3) is 0.760. The molecular weight excluding hydrogens is 560 g/mol. The Morgan fingerprint density at radius 1 is 1.12 bits per heavy atom. The number of rotatable bonds is 8. The molecule has 0 spiro atoms. The van der Waals surface area contributed by atoms with Crippen molar-refractivity contribution in [3.63, 3.8) is 0 Å². The highest BCUT2D eigenvalue weighted by Gasteiger charge is 2.53. The van der Waals surface area contributed by atoms with Gasteiger partial charge in [-0.3, -0.25) is 19.2 Å². The largest absolute Gasteiger partial charge is 0.471 e. The molecule has 0 radical (unpaired) electrons. The van der Waals surface area contributed by atoms with Crippen LogP contribution in [-0.2, 0) is 29.0 Å². The van der Waals surface area contributed by atoms with Gasteiger partial charge in [-0.25, -0.2) is 8.42 Å². The van der Waals surface area contributed by atoms with Crippen LogP contribution in [0.25, 0.3) is 0 Å². The molecule has 2 heterocycles. The molecule has 3 N–H and O–H groups in total. The summed E-state index contributed by atoms with van der Waals surface area (Å²) in [5.74, 6) is -5.25. The zero-order valence-corrected chi connectivity index (χ0v) is 23.6. The number of alkyl halides is 3. The van der Waals surface area contributed by atoms with E-state index in [0.29, 0.717) is 38.1 Å². The fourth-order valence-electron chi connectivity index (χ4n) is 5.79. The molecule has 226 valence electrons. The molecule has 1 saturated carbocycles. The lowest BCUT2D eigenvalue weighted by Crippen LogP contribution is -2.60. The maximum atomic E-state index is 14.5. The minimum Gasteiger partial charge on any atom is -0.356 e. The van der Waals surface area contributed by atoms with E-state index in [1.54, 1.807) is 5.32 Å². The third-order valence-electron chi connectivity index (χ3n) is 7.80. The Hall–Kier alpha value is -2.71. The third kappa shape index (κ3) is 7.32. The van der Waals surface area contributed by atoms with Crippen molar-refractivity contribution in [2.75, 3.05) is 19.3 Å². The van der Waals surface area contributed by atoms with E-state index in [0.717, 1.165) is 6.42 Å². The minimum absolute atomic E-state index is 0.0826. The zero-order valence-electron chi connectivity index (χ0n) is 22.8. The van der Waals surface area contributed by atoms with Crippen LogP contribution in [0, 0.1) is 23.2 Å². The zero-order chi connectivity index (χ0) is 30.2. The lowest BCUT2D eigenvalue weighted by atomic mass is 9.85. The summed E-state index contributed by atoms with van der Waals surface area (Å²) in [7, 11) is -4.24. The summed E-state index contributed by atoms with van der Waals surface area (Å²) in [6.07, 6.45) is -1.55. The second kappa shape index (κ2) is 11.6. The van der Waals surface area contributed by atoms with Crippen LogP contribution in [0.1, 0.15) is 52.9 Å². The number of hydrogen-bond donors (Lipinski definition) is 3. The Labute approximate surface area is 230 Å². The Morgan fingerprint density at radius 3 is 2.30 bits per heavy atom. The Balaban J connectivity index is 1.91. The number of amides is 4. The maximum Gasteiger partial charge on any atom is 0.471 e. The van der Waals surface area contributed by atoms with E-state index < -0.39 is 68.4 Å². The van der Waals surface area contributed by atoms with Gasteiger partial charge in [0.1, 0.15) is 12.1 Å². The van der Waals surface area contributed by atoms with E-state index in [-0.39, 0.29) is 30.7 Å². The van der Waals surface area contributed by atoms with Gasteiger partial charge < -0.3 is 20.9 Å². The Bertz CT molecular complexity index is 1170. The van der Waals surface area contributed by atoms with Gasteiger partial charge in [0.05, 0.1) is 6.04 Å². The fourth-order valence-corrected chi connectivity index (χ4v) is 6.20. The number of fused-ring (bicyclic) bond motifs is 1. The first-order chi connectivity index (χ1) is 18.3. The highest BCUT2D eigenvalue weighted by atomic mass is 32.2. The SMILES string of the molecule is CC(C)(C)[C@H](NC(=O)C(F)(F)F)C(=O)N1C[C@@H]2CCC[C@@H]2[C@@H]1C(=O)N[C@@H](/C=C(\F)S(C)(=O)=O)C[C@@H]1CCNC1=O. The van der Waals surface area contributed by atoms with Crippen LogP contribution in [0.5, 0.6) is 0 Å².